The van der Waals surface area contributed by atoms with Crippen molar-refractivity contribution in [3.8, 4) is 0 Å². The summed E-state index contributed by atoms with van der Waals surface area (Å²) in [5, 5.41) is 13.5. The van der Waals surface area contributed by atoms with Gasteiger partial charge in [0.05, 0.1) is 17.1 Å². The Morgan fingerprint density at radius 3 is 2.40 bits per heavy atom. The molecule has 20 heavy (non-hydrogen) atoms. The van der Waals surface area contributed by atoms with Gasteiger partial charge in [-0.05, 0) is 17.7 Å². The van der Waals surface area contributed by atoms with E-state index < -0.39 is 27.9 Å². The molecule has 0 atom stereocenters. The lowest BCUT2D eigenvalue weighted by Crippen LogP contribution is -2.04. The number of benzene rings is 2. The number of non-ortho nitro benzene ring substituents is 1. The zero-order valence-corrected chi connectivity index (χ0v) is 10.8. The van der Waals surface area contributed by atoms with Gasteiger partial charge < -0.3 is 5.32 Å². The van der Waals surface area contributed by atoms with Crippen molar-refractivity contribution in [2.24, 2.45) is 0 Å². The molecule has 0 aliphatic rings. The van der Waals surface area contributed by atoms with Gasteiger partial charge in [0.15, 0.2) is 11.6 Å². The first-order valence-electron chi connectivity index (χ1n) is 5.59. The Labute approximate surface area is 118 Å². The van der Waals surface area contributed by atoms with E-state index in [1.807, 2.05) is 0 Å². The molecule has 0 aliphatic carbocycles. The molecule has 2 rings (SSSR count). The van der Waals surface area contributed by atoms with Gasteiger partial charge in [0, 0.05) is 11.6 Å². The first kappa shape index (κ1) is 14.2. The third-order valence-corrected chi connectivity index (χ3v) is 2.83. The molecule has 0 bridgehead atoms. The maximum absolute atomic E-state index is 13.6. The predicted molar refractivity (Wildman–Crippen MR) is 71.8 cm³/mol. The van der Waals surface area contributed by atoms with Crippen LogP contribution in [0.2, 0.25) is 5.02 Å². The Morgan fingerprint density at radius 1 is 1.20 bits per heavy atom. The number of anilines is 1. The number of hydrogen-bond donors (Lipinski definition) is 1. The maximum atomic E-state index is 13.6. The normalized spacial score (nSPS) is 10.3. The van der Waals surface area contributed by atoms with Crippen LogP contribution in [0.25, 0.3) is 0 Å². The van der Waals surface area contributed by atoms with Gasteiger partial charge in [-0.25, -0.2) is 8.78 Å². The molecule has 0 aromatic heterocycles. The molecule has 0 heterocycles. The van der Waals surface area contributed by atoms with Crippen LogP contribution in [-0.2, 0) is 6.54 Å². The standard InChI is InChI=1S/C13H9ClF2N2O2/c14-9-3-1-2-8(4-9)7-17-13-11(15)5-10(18(19)20)6-12(13)16/h1-6,17H,7H2. The predicted octanol–water partition coefficient (Wildman–Crippen LogP) is 4.14. The highest BCUT2D eigenvalue weighted by Crippen LogP contribution is 2.25. The molecule has 0 fully saturated rings. The molecule has 1 N–H and O–H groups in total. The number of nitrogens with one attached hydrogen (secondary N) is 1. The van der Waals surface area contributed by atoms with E-state index in [0.717, 1.165) is 5.56 Å². The van der Waals surface area contributed by atoms with Crippen LogP contribution in [0.3, 0.4) is 0 Å². The van der Waals surface area contributed by atoms with Crippen molar-refractivity contribution in [2.75, 3.05) is 5.32 Å². The van der Waals surface area contributed by atoms with Crippen LogP contribution in [0, 0.1) is 21.7 Å². The zero-order chi connectivity index (χ0) is 14.7. The second kappa shape index (κ2) is 5.83. The lowest BCUT2D eigenvalue weighted by atomic mass is 10.2. The van der Waals surface area contributed by atoms with Gasteiger partial charge in [0.2, 0.25) is 0 Å². The Hall–Kier alpha value is -2.21. The molecule has 104 valence electrons. The fourth-order valence-electron chi connectivity index (χ4n) is 1.67. The SMILES string of the molecule is O=[N+]([O-])c1cc(F)c(NCc2cccc(Cl)c2)c(F)c1. The summed E-state index contributed by atoms with van der Waals surface area (Å²) in [5.74, 6) is -2.03. The molecule has 0 aliphatic heterocycles. The van der Waals surface area contributed by atoms with Gasteiger partial charge in [-0.3, -0.25) is 10.1 Å². The molecule has 0 saturated heterocycles. The largest absolute Gasteiger partial charge is 0.376 e. The van der Waals surface area contributed by atoms with Crippen molar-refractivity contribution < 1.29 is 13.7 Å². The number of nitrogens with zero attached hydrogens (tertiary/aromatic N) is 1. The first-order chi connectivity index (χ1) is 9.47. The molecule has 0 spiro atoms. The summed E-state index contributed by atoms with van der Waals surface area (Å²) in [5.41, 5.74) is -0.307. The van der Waals surface area contributed by atoms with E-state index in [4.69, 9.17) is 11.6 Å². The van der Waals surface area contributed by atoms with E-state index >= 15 is 0 Å². The Morgan fingerprint density at radius 2 is 1.85 bits per heavy atom. The molecule has 4 nitrogen and oxygen atoms in total. The van der Waals surface area contributed by atoms with E-state index in [1.165, 1.54) is 0 Å². The summed E-state index contributed by atoms with van der Waals surface area (Å²) >= 11 is 5.79. The Balaban J connectivity index is 2.20. The molecule has 0 unspecified atom stereocenters. The first-order valence-corrected chi connectivity index (χ1v) is 5.97. The van der Waals surface area contributed by atoms with Crippen LogP contribution >= 0.6 is 11.6 Å². The monoisotopic (exact) mass is 298 g/mol. The average molecular weight is 299 g/mol. The third kappa shape index (κ3) is 3.21. The summed E-state index contributed by atoms with van der Waals surface area (Å²) in [6.07, 6.45) is 0. The molecule has 0 saturated carbocycles. The summed E-state index contributed by atoms with van der Waals surface area (Å²) in [4.78, 5) is 9.62. The molecular weight excluding hydrogens is 290 g/mol. The third-order valence-electron chi connectivity index (χ3n) is 2.60. The van der Waals surface area contributed by atoms with E-state index in [1.54, 1.807) is 24.3 Å². The molecule has 2 aromatic carbocycles. The smallest absolute Gasteiger partial charge is 0.275 e. The highest BCUT2D eigenvalue weighted by atomic mass is 35.5. The molecule has 0 radical (unpaired) electrons. The van der Waals surface area contributed by atoms with Crippen molar-refractivity contribution in [3.63, 3.8) is 0 Å². The van der Waals surface area contributed by atoms with Crippen molar-refractivity contribution in [2.45, 2.75) is 6.54 Å². The highest BCUT2D eigenvalue weighted by Gasteiger charge is 2.16. The number of halogens is 3. The molecule has 2 aromatic rings. The second-order valence-corrected chi connectivity index (χ2v) is 4.46. The quantitative estimate of drug-likeness (QED) is 0.682. The van der Waals surface area contributed by atoms with E-state index in [-0.39, 0.29) is 6.54 Å². The van der Waals surface area contributed by atoms with Gasteiger partial charge in [-0.2, -0.15) is 0 Å². The number of hydrogen-bond acceptors (Lipinski definition) is 3. The number of nitro groups is 1. The van der Waals surface area contributed by atoms with Crippen LogP contribution in [0.4, 0.5) is 20.2 Å². The summed E-state index contributed by atoms with van der Waals surface area (Å²) in [6.45, 7) is 0.145. The zero-order valence-electron chi connectivity index (χ0n) is 10.1. The molecule has 0 amide bonds. The van der Waals surface area contributed by atoms with Gasteiger partial charge in [-0.15, -0.1) is 0 Å². The van der Waals surface area contributed by atoms with Gasteiger partial charge in [0.1, 0.15) is 5.69 Å². The summed E-state index contributed by atoms with van der Waals surface area (Å²) < 4.78 is 27.2. The maximum Gasteiger partial charge on any atom is 0.275 e. The van der Waals surface area contributed by atoms with Gasteiger partial charge in [0.25, 0.3) is 5.69 Å². The van der Waals surface area contributed by atoms with Crippen LogP contribution in [0.15, 0.2) is 36.4 Å². The minimum absolute atomic E-state index is 0.145. The highest BCUT2D eigenvalue weighted by molar-refractivity contribution is 6.30. The van der Waals surface area contributed by atoms with Crippen molar-refractivity contribution in [3.05, 3.63) is 68.7 Å². The lowest BCUT2D eigenvalue weighted by molar-refractivity contribution is -0.385. The molecule has 7 heteroatoms. The van der Waals surface area contributed by atoms with E-state index in [0.29, 0.717) is 17.2 Å². The van der Waals surface area contributed by atoms with E-state index in [9.17, 15) is 18.9 Å². The van der Waals surface area contributed by atoms with Crippen molar-refractivity contribution >= 4 is 23.0 Å². The Kier molecular flexibility index (Phi) is 4.14. The van der Waals surface area contributed by atoms with E-state index in [2.05, 4.69) is 5.32 Å². The van der Waals surface area contributed by atoms with Crippen LogP contribution in [-0.4, -0.2) is 4.92 Å². The summed E-state index contributed by atoms with van der Waals surface area (Å²) in [6, 6.07) is 8.11. The fraction of sp³-hybridized carbons (Fsp3) is 0.0769. The number of rotatable bonds is 4. The fourth-order valence-corrected chi connectivity index (χ4v) is 1.88. The van der Waals surface area contributed by atoms with Gasteiger partial charge >= 0.3 is 0 Å². The second-order valence-electron chi connectivity index (χ2n) is 4.02. The van der Waals surface area contributed by atoms with Crippen LogP contribution < -0.4 is 5.32 Å². The van der Waals surface area contributed by atoms with Crippen molar-refractivity contribution in [1.82, 2.24) is 0 Å². The topological polar surface area (TPSA) is 55.2 Å². The Bertz CT molecular complexity index is 642. The average Bonchev–Trinajstić information content (AvgIpc) is 2.37. The molecular formula is C13H9ClF2N2O2. The minimum atomic E-state index is -1.02. The summed E-state index contributed by atoms with van der Waals surface area (Å²) in [7, 11) is 0. The lowest BCUT2D eigenvalue weighted by Gasteiger charge is -2.09. The van der Waals surface area contributed by atoms with Crippen molar-refractivity contribution in [1.29, 1.82) is 0 Å². The van der Waals surface area contributed by atoms with Crippen LogP contribution in [0.1, 0.15) is 5.56 Å². The number of nitro benzene ring substituents is 1. The van der Waals surface area contributed by atoms with Crippen LogP contribution in [0.5, 0.6) is 0 Å². The minimum Gasteiger partial charge on any atom is -0.376 e. The van der Waals surface area contributed by atoms with Gasteiger partial charge in [-0.1, -0.05) is 23.7 Å².